The Labute approximate surface area is 235 Å². The largest absolute Gasteiger partial charge is 0.497 e. The molecule has 216 valence electrons. The van der Waals surface area contributed by atoms with Gasteiger partial charge in [0.15, 0.2) is 6.29 Å². The van der Waals surface area contributed by atoms with Gasteiger partial charge in [0.1, 0.15) is 41.7 Å². The highest BCUT2D eigenvalue weighted by molar-refractivity contribution is 5.28. The van der Waals surface area contributed by atoms with Gasteiger partial charge in [-0.15, -0.1) is 0 Å². The van der Waals surface area contributed by atoms with Gasteiger partial charge in [0, 0.05) is 7.11 Å². The Bertz CT molecular complexity index is 1070. The van der Waals surface area contributed by atoms with Crippen molar-refractivity contribution in [3.63, 3.8) is 0 Å². The molecule has 1 fully saturated rings. The van der Waals surface area contributed by atoms with Crippen LogP contribution in [-0.2, 0) is 43.5 Å². The van der Waals surface area contributed by atoms with E-state index in [1.807, 2.05) is 72.8 Å². The Morgan fingerprint density at radius 3 is 1.27 bits per heavy atom. The van der Waals surface area contributed by atoms with Crippen LogP contribution in [0.4, 0.5) is 0 Å². The highest BCUT2D eigenvalue weighted by atomic mass is 16.7. The summed E-state index contributed by atoms with van der Waals surface area (Å²) < 4.78 is 46.8. The van der Waals surface area contributed by atoms with Crippen LogP contribution in [0.15, 0.2) is 72.8 Å². The molecule has 0 bridgehead atoms. The van der Waals surface area contributed by atoms with E-state index in [4.69, 9.17) is 37.9 Å². The summed E-state index contributed by atoms with van der Waals surface area (Å²) in [6, 6.07) is 22.9. The fourth-order valence-electron chi connectivity index (χ4n) is 4.53. The van der Waals surface area contributed by atoms with Crippen LogP contribution >= 0.6 is 0 Å². The van der Waals surface area contributed by atoms with E-state index in [0.717, 1.165) is 33.9 Å². The summed E-state index contributed by atoms with van der Waals surface area (Å²) in [4.78, 5) is 0. The van der Waals surface area contributed by atoms with Gasteiger partial charge >= 0.3 is 0 Å². The predicted octanol–water partition coefficient (Wildman–Crippen LogP) is 4.13. The number of rotatable bonds is 14. The number of ether oxygens (including phenoxy) is 8. The van der Waals surface area contributed by atoms with Gasteiger partial charge in [0.25, 0.3) is 0 Å². The minimum absolute atomic E-state index is 0.277. The highest BCUT2D eigenvalue weighted by Crippen LogP contribution is 2.31. The van der Waals surface area contributed by atoms with Crippen molar-refractivity contribution in [1.82, 2.24) is 0 Å². The fraction of sp³-hybridized carbons (Fsp3) is 0.419. The standard InChI is InChI=1S/C31H38O9/c1-33-24-11-5-21(6-12-24)18-37-28-27(17-32)40-31(36-4)30(39-20-23-9-15-26(35-3)16-10-23)29(28)38-19-22-7-13-25(34-2)14-8-22/h5-16,27-32H,17-20H2,1-4H3/t27-,28-,29+,30+,31+/m1/s1. The molecule has 1 heterocycles. The van der Waals surface area contributed by atoms with Crippen molar-refractivity contribution < 1.29 is 43.0 Å². The number of benzene rings is 3. The molecule has 0 radical (unpaired) electrons. The van der Waals surface area contributed by atoms with E-state index < -0.39 is 30.7 Å². The zero-order valence-electron chi connectivity index (χ0n) is 23.4. The number of hydrogen-bond acceptors (Lipinski definition) is 9. The summed E-state index contributed by atoms with van der Waals surface area (Å²) in [5.74, 6) is 2.28. The zero-order valence-corrected chi connectivity index (χ0v) is 23.4. The Morgan fingerprint density at radius 1 is 0.550 bits per heavy atom. The second-order valence-electron chi connectivity index (χ2n) is 9.33. The van der Waals surface area contributed by atoms with Crippen molar-refractivity contribution in [2.45, 2.75) is 50.5 Å². The lowest BCUT2D eigenvalue weighted by atomic mass is 9.98. The molecule has 1 saturated heterocycles. The highest BCUT2D eigenvalue weighted by Gasteiger charge is 2.48. The lowest BCUT2D eigenvalue weighted by Crippen LogP contribution is -2.61. The molecular weight excluding hydrogens is 516 g/mol. The molecule has 4 rings (SSSR count). The van der Waals surface area contributed by atoms with E-state index in [2.05, 4.69) is 0 Å². The molecule has 3 aromatic rings. The molecule has 40 heavy (non-hydrogen) atoms. The molecule has 1 aliphatic rings. The van der Waals surface area contributed by atoms with Crippen molar-refractivity contribution in [3.8, 4) is 17.2 Å². The normalized spacial score (nSPS) is 22.6. The molecular formula is C31H38O9. The lowest BCUT2D eigenvalue weighted by Gasteiger charge is -2.45. The molecule has 0 aliphatic carbocycles. The predicted molar refractivity (Wildman–Crippen MR) is 147 cm³/mol. The van der Waals surface area contributed by atoms with Crippen molar-refractivity contribution in [2.75, 3.05) is 35.0 Å². The van der Waals surface area contributed by atoms with Crippen LogP contribution in [0.3, 0.4) is 0 Å². The smallest absolute Gasteiger partial charge is 0.186 e. The summed E-state index contributed by atoms with van der Waals surface area (Å²) in [5.41, 5.74) is 2.84. The molecule has 9 nitrogen and oxygen atoms in total. The van der Waals surface area contributed by atoms with E-state index in [-0.39, 0.29) is 26.4 Å². The molecule has 1 N–H and O–H groups in total. The van der Waals surface area contributed by atoms with Crippen molar-refractivity contribution in [3.05, 3.63) is 89.5 Å². The Hall–Kier alpha value is -3.18. The molecule has 5 atom stereocenters. The summed E-state index contributed by atoms with van der Waals surface area (Å²) in [5, 5.41) is 10.2. The van der Waals surface area contributed by atoms with Gasteiger partial charge < -0.3 is 43.0 Å². The molecule has 0 saturated carbocycles. The van der Waals surface area contributed by atoms with Gasteiger partial charge in [-0.2, -0.15) is 0 Å². The van der Waals surface area contributed by atoms with Gasteiger partial charge in [0.2, 0.25) is 0 Å². The third-order valence-electron chi connectivity index (χ3n) is 6.81. The fourth-order valence-corrected chi connectivity index (χ4v) is 4.53. The summed E-state index contributed by atoms with van der Waals surface area (Å²) in [7, 11) is 6.42. The number of methoxy groups -OCH3 is 4. The minimum Gasteiger partial charge on any atom is -0.497 e. The quantitative estimate of drug-likeness (QED) is 0.316. The van der Waals surface area contributed by atoms with E-state index >= 15 is 0 Å². The van der Waals surface area contributed by atoms with Gasteiger partial charge in [-0.05, 0) is 53.1 Å². The maximum atomic E-state index is 10.2. The van der Waals surface area contributed by atoms with Gasteiger partial charge in [-0.25, -0.2) is 0 Å². The molecule has 0 aromatic heterocycles. The van der Waals surface area contributed by atoms with Crippen molar-refractivity contribution in [1.29, 1.82) is 0 Å². The van der Waals surface area contributed by atoms with Crippen LogP contribution in [0, 0.1) is 0 Å². The van der Waals surface area contributed by atoms with Gasteiger partial charge in [-0.3, -0.25) is 0 Å². The third-order valence-corrected chi connectivity index (χ3v) is 6.81. The van der Waals surface area contributed by atoms with Gasteiger partial charge in [0.05, 0.1) is 47.8 Å². The van der Waals surface area contributed by atoms with Crippen molar-refractivity contribution >= 4 is 0 Å². The summed E-state index contributed by atoms with van der Waals surface area (Å²) in [6.45, 7) is 0.573. The Kier molecular flexibility index (Phi) is 11.2. The maximum absolute atomic E-state index is 10.2. The minimum atomic E-state index is -0.780. The second kappa shape index (κ2) is 15.0. The lowest BCUT2D eigenvalue weighted by molar-refractivity contribution is -0.321. The topological polar surface area (TPSA) is 94.1 Å². The van der Waals surface area contributed by atoms with Crippen LogP contribution in [-0.4, -0.2) is 70.9 Å². The third kappa shape index (κ3) is 7.72. The van der Waals surface area contributed by atoms with Crippen LogP contribution in [0.25, 0.3) is 0 Å². The maximum Gasteiger partial charge on any atom is 0.186 e. The number of aliphatic hydroxyl groups excluding tert-OH is 1. The average Bonchev–Trinajstić information content (AvgIpc) is 3.02. The first-order valence-corrected chi connectivity index (χ1v) is 13.1. The van der Waals surface area contributed by atoms with Crippen LogP contribution in [0.5, 0.6) is 17.2 Å². The van der Waals surface area contributed by atoms with Crippen LogP contribution < -0.4 is 14.2 Å². The van der Waals surface area contributed by atoms with E-state index in [1.165, 1.54) is 0 Å². The Balaban J connectivity index is 1.56. The van der Waals surface area contributed by atoms with E-state index in [1.54, 1.807) is 28.4 Å². The number of hydrogen-bond donors (Lipinski definition) is 1. The van der Waals surface area contributed by atoms with Gasteiger partial charge in [-0.1, -0.05) is 36.4 Å². The van der Waals surface area contributed by atoms with Crippen molar-refractivity contribution in [2.24, 2.45) is 0 Å². The van der Waals surface area contributed by atoms with E-state index in [9.17, 15) is 5.11 Å². The van der Waals surface area contributed by atoms with E-state index in [0.29, 0.717) is 0 Å². The first kappa shape index (κ1) is 29.8. The summed E-state index contributed by atoms with van der Waals surface area (Å²) >= 11 is 0. The Morgan fingerprint density at radius 2 is 0.925 bits per heavy atom. The molecule has 0 spiro atoms. The average molecular weight is 555 g/mol. The van der Waals surface area contributed by atoms with Crippen LogP contribution in [0.2, 0.25) is 0 Å². The number of aliphatic hydroxyl groups is 1. The molecule has 9 heteroatoms. The SMILES string of the molecule is COc1ccc(CO[C@@H]2[C@H](OCc3ccc(OC)cc3)[C@@H](OC)O[C@H](CO)[C@H]2OCc2ccc(OC)cc2)cc1. The first-order chi connectivity index (χ1) is 19.6. The molecule has 1 aliphatic heterocycles. The molecule has 3 aromatic carbocycles. The first-order valence-electron chi connectivity index (χ1n) is 13.1. The van der Waals surface area contributed by atoms with Crippen LogP contribution in [0.1, 0.15) is 16.7 Å². The monoisotopic (exact) mass is 554 g/mol. The summed E-state index contributed by atoms with van der Waals surface area (Å²) in [6.07, 6.45) is -3.37. The second-order valence-corrected chi connectivity index (χ2v) is 9.33. The molecule has 0 amide bonds. The zero-order chi connectivity index (χ0) is 28.3. The molecule has 0 unspecified atom stereocenters.